The molecule has 1 aromatic carbocycles. The number of nitrogens with two attached hydrogens (primary N) is 1. The van der Waals surface area contributed by atoms with Gasteiger partial charge in [-0.05, 0) is 30.2 Å². The average Bonchev–Trinajstić information content (AvgIpc) is 3.55. The lowest BCUT2D eigenvalue weighted by Crippen LogP contribution is -2.39. The van der Waals surface area contributed by atoms with Gasteiger partial charge in [0, 0.05) is 42.8 Å². The standard InChI is InChI=1S/C24H24N8O5/c1-31-7-6-14(30-31)13-9-32(22-17(13)21(25)26-10-27-22)24-19(35)18(34)20(37-24)23(36)28-12-4-2-11-3-5-16(33)29-15(11)8-12/h2,4,6-10,18-20,24,34-35H,3,5H2,1H3,(H,28,36)(H,29,33)(H2,25,26,27)/t18-,19+,20-,24+/m0/s1. The Bertz CT molecular complexity index is 1550. The van der Waals surface area contributed by atoms with E-state index in [0.717, 1.165) is 5.56 Å². The summed E-state index contributed by atoms with van der Waals surface area (Å²) in [4.78, 5) is 33.2. The number of nitrogens with zero attached hydrogens (tertiary/aromatic N) is 5. The number of ether oxygens (including phenoxy) is 1. The molecule has 4 atom stereocenters. The Balaban J connectivity index is 1.29. The van der Waals surface area contributed by atoms with Gasteiger partial charge in [0.25, 0.3) is 5.91 Å². The summed E-state index contributed by atoms with van der Waals surface area (Å²) in [5.74, 6) is -0.525. The molecule has 6 rings (SSSR count). The number of benzene rings is 1. The maximum atomic E-state index is 13.1. The highest BCUT2D eigenvalue weighted by Crippen LogP contribution is 2.38. The van der Waals surface area contributed by atoms with E-state index in [4.69, 9.17) is 10.5 Å². The average molecular weight is 505 g/mol. The number of nitrogen functional groups attached to an aromatic ring is 1. The monoisotopic (exact) mass is 504 g/mol. The van der Waals surface area contributed by atoms with Crippen LogP contribution >= 0.6 is 0 Å². The van der Waals surface area contributed by atoms with Crippen molar-refractivity contribution in [1.29, 1.82) is 0 Å². The van der Waals surface area contributed by atoms with E-state index >= 15 is 0 Å². The summed E-state index contributed by atoms with van der Waals surface area (Å²) in [6, 6.07) is 6.98. The first kappa shape index (κ1) is 23.1. The smallest absolute Gasteiger partial charge is 0.256 e. The number of aliphatic hydroxyl groups excluding tert-OH is 2. The van der Waals surface area contributed by atoms with Crippen LogP contribution in [0.3, 0.4) is 0 Å². The number of hydrogen-bond acceptors (Lipinski definition) is 9. The van der Waals surface area contributed by atoms with Crippen molar-refractivity contribution < 1.29 is 24.5 Å². The lowest BCUT2D eigenvalue weighted by Gasteiger charge is -2.19. The van der Waals surface area contributed by atoms with Crippen molar-refractivity contribution in [3.63, 3.8) is 0 Å². The zero-order chi connectivity index (χ0) is 25.8. The van der Waals surface area contributed by atoms with E-state index in [1.165, 1.54) is 10.9 Å². The minimum Gasteiger partial charge on any atom is -0.387 e. The molecule has 13 heteroatoms. The Kier molecular flexibility index (Phi) is 5.40. The van der Waals surface area contributed by atoms with Crippen LogP contribution in [-0.2, 0) is 27.8 Å². The molecule has 2 aliphatic heterocycles. The SMILES string of the molecule is Cn1ccc(-c2cn([C@@H]3O[C@H](C(=O)Nc4ccc5c(c4)NC(=O)CC5)[C@@H](O)[C@H]3O)c3ncnc(N)c23)n1. The minimum absolute atomic E-state index is 0.0926. The molecule has 1 saturated heterocycles. The minimum atomic E-state index is -1.52. The molecule has 190 valence electrons. The zero-order valence-corrected chi connectivity index (χ0v) is 19.7. The van der Waals surface area contributed by atoms with E-state index < -0.39 is 30.4 Å². The molecule has 2 amide bonds. The summed E-state index contributed by atoms with van der Waals surface area (Å²) in [6.45, 7) is 0. The van der Waals surface area contributed by atoms with Crippen molar-refractivity contribution in [3.05, 3.63) is 48.5 Å². The highest BCUT2D eigenvalue weighted by Gasteiger charge is 2.48. The van der Waals surface area contributed by atoms with Gasteiger partial charge >= 0.3 is 0 Å². The number of aryl methyl sites for hydroxylation is 2. The molecular formula is C24H24N8O5. The predicted molar refractivity (Wildman–Crippen MR) is 132 cm³/mol. The maximum absolute atomic E-state index is 13.1. The van der Waals surface area contributed by atoms with Gasteiger partial charge in [-0.3, -0.25) is 14.3 Å². The summed E-state index contributed by atoms with van der Waals surface area (Å²) in [5.41, 5.74) is 9.74. The van der Waals surface area contributed by atoms with Gasteiger partial charge in [-0.1, -0.05) is 6.07 Å². The number of anilines is 3. The third-order valence-corrected chi connectivity index (χ3v) is 6.67. The fraction of sp³-hybridized carbons (Fsp3) is 0.292. The summed E-state index contributed by atoms with van der Waals surface area (Å²) < 4.78 is 9.05. The van der Waals surface area contributed by atoms with E-state index in [1.54, 1.807) is 42.3 Å². The fourth-order valence-electron chi connectivity index (χ4n) is 4.82. The summed E-state index contributed by atoms with van der Waals surface area (Å²) >= 11 is 0. The van der Waals surface area contributed by atoms with Crippen LogP contribution in [0.4, 0.5) is 17.2 Å². The highest BCUT2D eigenvalue weighted by molar-refractivity contribution is 6.00. The molecule has 13 nitrogen and oxygen atoms in total. The third kappa shape index (κ3) is 3.89. The molecule has 0 bridgehead atoms. The van der Waals surface area contributed by atoms with Gasteiger partial charge in [-0.15, -0.1) is 0 Å². The number of hydrogen-bond donors (Lipinski definition) is 5. The second-order valence-electron chi connectivity index (χ2n) is 9.12. The Hall–Kier alpha value is -4.33. The van der Waals surface area contributed by atoms with Crippen molar-refractivity contribution in [2.45, 2.75) is 37.4 Å². The van der Waals surface area contributed by atoms with Crippen molar-refractivity contribution in [1.82, 2.24) is 24.3 Å². The Morgan fingerprint density at radius 2 is 2.05 bits per heavy atom. The van der Waals surface area contributed by atoms with Gasteiger partial charge in [-0.25, -0.2) is 9.97 Å². The number of rotatable bonds is 4. The quantitative estimate of drug-likeness (QED) is 0.265. The normalized spacial score (nSPS) is 23.2. The second kappa shape index (κ2) is 8.65. The Morgan fingerprint density at radius 3 is 2.84 bits per heavy atom. The van der Waals surface area contributed by atoms with Crippen LogP contribution in [0.25, 0.3) is 22.3 Å². The van der Waals surface area contributed by atoms with E-state index in [-0.39, 0.29) is 11.7 Å². The first-order valence-corrected chi connectivity index (χ1v) is 11.7. The van der Waals surface area contributed by atoms with Crippen LogP contribution in [0, 0.1) is 0 Å². The molecule has 2 aliphatic rings. The lowest BCUT2D eigenvalue weighted by molar-refractivity contribution is -0.132. The molecule has 6 N–H and O–H groups in total. The van der Waals surface area contributed by atoms with Crippen LogP contribution in [-0.4, -0.2) is 64.7 Å². The number of carbonyl (C=O) groups excluding carboxylic acids is 2. The number of amides is 2. The zero-order valence-electron chi connectivity index (χ0n) is 19.7. The molecule has 3 aromatic heterocycles. The summed E-state index contributed by atoms with van der Waals surface area (Å²) in [6.07, 6.45) is 0.274. The molecule has 0 saturated carbocycles. The number of aliphatic hydroxyl groups is 2. The van der Waals surface area contributed by atoms with Gasteiger partial charge in [-0.2, -0.15) is 5.10 Å². The first-order valence-electron chi connectivity index (χ1n) is 11.7. The van der Waals surface area contributed by atoms with Crippen LogP contribution in [0.1, 0.15) is 18.2 Å². The van der Waals surface area contributed by atoms with Gasteiger partial charge in [0.05, 0.1) is 11.1 Å². The van der Waals surface area contributed by atoms with Gasteiger partial charge < -0.3 is 35.9 Å². The first-order chi connectivity index (χ1) is 17.8. The van der Waals surface area contributed by atoms with Crippen LogP contribution in [0.2, 0.25) is 0 Å². The van der Waals surface area contributed by atoms with E-state index in [0.29, 0.717) is 46.5 Å². The van der Waals surface area contributed by atoms with Crippen molar-refractivity contribution in [2.24, 2.45) is 7.05 Å². The van der Waals surface area contributed by atoms with E-state index in [1.807, 2.05) is 6.07 Å². The summed E-state index contributed by atoms with van der Waals surface area (Å²) in [5, 5.41) is 32.0. The third-order valence-electron chi connectivity index (χ3n) is 6.67. The molecule has 0 unspecified atom stereocenters. The Morgan fingerprint density at radius 1 is 1.22 bits per heavy atom. The molecule has 4 aromatic rings. The number of aromatic nitrogens is 5. The molecule has 1 fully saturated rings. The Labute approximate surface area is 209 Å². The molecule has 0 radical (unpaired) electrons. The van der Waals surface area contributed by atoms with Crippen molar-refractivity contribution in [3.8, 4) is 11.3 Å². The second-order valence-corrected chi connectivity index (χ2v) is 9.12. The van der Waals surface area contributed by atoms with Gasteiger partial charge in [0.15, 0.2) is 12.3 Å². The topological polar surface area (TPSA) is 182 Å². The van der Waals surface area contributed by atoms with Gasteiger partial charge in [0.1, 0.15) is 30.0 Å². The number of carbonyl (C=O) groups is 2. The van der Waals surface area contributed by atoms with Gasteiger partial charge in [0.2, 0.25) is 5.91 Å². The largest absolute Gasteiger partial charge is 0.387 e. The molecular weight excluding hydrogens is 480 g/mol. The lowest BCUT2D eigenvalue weighted by atomic mass is 10.0. The van der Waals surface area contributed by atoms with E-state index in [2.05, 4.69) is 25.7 Å². The molecule has 37 heavy (non-hydrogen) atoms. The fourth-order valence-corrected chi connectivity index (χ4v) is 4.82. The number of fused-ring (bicyclic) bond motifs is 2. The summed E-state index contributed by atoms with van der Waals surface area (Å²) in [7, 11) is 1.78. The molecule has 5 heterocycles. The predicted octanol–water partition coefficient (Wildman–Crippen LogP) is 0.557. The van der Waals surface area contributed by atoms with Crippen LogP contribution in [0.5, 0.6) is 0 Å². The maximum Gasteiger partial charge on any atom is 0.256 e. The highest BCUT2D eigenvalue weighted by atomic mass is 16.6. The molecule has 0 spiro atoms. The van der Waals surface area contributed by atoms with E-state index in [9.17, 15) is 19.8 Å². The van der Waals surface area contributed by atoms with Crippen molar-refractivity contribution in [2.75, 3.05) is 16.4 Å². The number of nitrogens with one attached hydrogen (secondary N) is 2. The van der Waals surface area contributed by atoms with Crippen LogP contribution in [0.15, 0.2) is 43.0 Å². The van der Waals surface area contributed by atoms with Crippen LogP contribution < -0.4 is 16.4 Å². The van der Waals surface area contributed by atoms with Crippen molar-refractivity contribution >= 4 is 40.0 Å². The molecule has 0 aliphatic carbocycles.